The number of ether oxygens (including phenoxy) is 2. The Balaban J connectivity index is 1.80. The van der Waals surface area contributed by atoms with E-state index in [1.165, 1.54) is 0 Å². The number of carbonyl (C=O) groups is 1. The molecule has 0 unspecified atom stereocenters. The Morgan fingerprint density at radius 1 is 0.821 bits per heavy atom. The smallest absolute Gasteiger partial charge is 0.162 e. The van der Waals surface area contributed by atoms with Gasteiger partial charge in [-0.25, -0.2) is 9.97 Å². The molecule has 7 heteroatoms. The zero-order chi connectivity index (χ0) is 20.1. The second kappa shape index (κ2) is 8.39. The minimum atomic E-state index is 0.0332. The van der Waals surface area contributed by atoms with E-state index in [0.717, 1.165) is 11.4 Å². The quantitative estimate of drug-likeness (QED) is 0.586. The number of hydrogen-bond donors (Lipinski definition) is 2. The molecule has 3 aromatic rings. The van der Waals surface area contributed by atoms with Gasteiger partial charge in [0.05, 0.1) is 14.2 Å². The molecule has 7 nitrogen and oxygen atoms in total. The van der Waals surface area contributed by atoms with E-state index < -0.39 is 0 Å². The minimum Gasteiger partial charge on any atom is -0.493 e. The Labute approximate surface area is 163 Å². The summed E-state index contributed by atoms with van der Waals surface area (Å²) in [6, 6.07) is 14.6. The van der Waals surface area contributed by atoms with Crippen LogP contribution in [0.3, 0.4) is 0 Å². The molecule has 1 heterocycles. The summed E-state index contributed by atoms with van der Waals surface area (Å²) >= 11 is 0. The Hall–Kier alpha value is -3.61. The molecule has 2 N–H and O–H groups in total. The van der Waals surface area contributed by atoms with Crippen LogP contribution in [0.1, 0.15) is 23.1 Å². The fourth-order valence-corrected chi connectivity index (χ4v) is 2.69. The lowest BCUT2D eigenvalue weighted by Crippen LogP contribution is -2.02. The maximum atomic E-state index is 11.4. The topological polar surface area (TPSA) is 85.4 Å². The van der Waals surface area contributed by atoms with Crippen molar-refractivity contribution in [2.45, 2.75) is 13.8 Å². The van der Waals surface area contributed by atoms with Crippen molar-refractivity contribution in [2.75, 3.05) is 24.9 Å². The molecule has 0 spiro atoms. The summed E-state index contributed by atoms with van der Waals surface area (Å²) in [5.41, 5.74) is 2.31. The highest BCUT2D eigenvalue weighted by Crippen LogP contribution is 2.31. The lowest BCUT2D eigenvalue weighted by Gasteiger charge is -2.12. The Kier molecular flexibility index (Phi) is 5.74. The predicted molar refractivity (Wildman–Crippen MR) is 109 cm³/mol. The molecule has 2 aromatic carbocycles. The van der Waals surface area contributed by atoms with Gasteiger partial charge in [0.15, 0.2) is 17.3 Å². The predicted octanol–water partition coefficient (Wildman–Crippen LogP) is 4.49. The molecule has 0 saturated carbocycles. The van der Waals surface area contributed by atoms with Crippen LogP contribution in [-0.2, 0) is 0 Å². The number of aryl methyl sites for hydroxylation is 1. The van der Waals surface area contributed by atoms with Gasteiger partial charge in [-0.3, -0.25) is 4.79 Å². The van der Waals surface area contributed by atoms with Crippen molar-refractivity contribution in [3.8, 4) is 11.5 Å². The SMILES string of the molecule is COc1ccc(Nc2cc(Nc3ccc(C(C)=O)cc3)nc(C)n2)cc1OC. The molecule has 0 bridgehead atoms. The molecule has 28 heavy (non-hydrogen) atoms. The van der Waals surface area contributed by atoms with Crippen molar-refractivity contribution in [3.63, 3.8) is 0 Å². The maximum Gasteiger partial charge on any atom is 0.162 e. The van der Waals surface area contributed by atoms with E-state index in [2.05, 4.69) is 20.6 Å². The molecule has 0 aliphatic carbocycles. The van der Waals surface area contributed by atoms with Crippen LogP contribution in [0.5, 0.6) is 11.5 Å². The van der Waals surface area contributed by atoms with E-state index in [1.54, 1.807) is 33.3 Å². The first-order chi connectivity index (χ1) is 13.5. The highest BCUT2D eigenvalue weighted by molar-refractivity contribution is 5.94. The molecule has 1 aromatic heterocycles. The van der Waals surface area contributed by atoms with Crippen LogP contribution in [0.25, 0.3) is 0 Å². The van der Waals surface area contributed by atoms with E-state index in [-0.39, 0.29) is 5.78 Å². The third-order valence-electron chi connectivity index (χ3n) is 4.06. The molecule has 3 rings (SSSR count). The Bertz CT molecular complexity index is 987. The van der Waals surface area contributed by atoms with Gasteiger partial charge in [0.25, 0.3) is 0 Å². The third kappa shape index (κ3) is 4.56. The number of anilines is 4. The van der Waals surface area contributed by atoms with Gasteiger partial charge in [0.2, 0.25) is 0 Å². The minimum absolute atomic E-state index is 0.0332. The van der Waals surface area contributed by atoms with Crippen molar-refractivity contribution < 1.29 is 14.3 Å². The number of hydrogen-bond acceptors (Lipinski definition) is 7. The van der Waals surface area contributed by atoms with Crippen molar-refractivity contribution >= 4 is 28.8 Å². The van der Waals surface area contributed by atoms with E-state index in [9.17, 15) is 4.79 Å². The number of methoxy groups -OCH3 is 2. The lowest BCUT2D eigenvalue weighted by molar-refractivity contribution is 0.101. The molecule has 0 atom stereocenters. The number of benzene rings is 2. The fourth-order valence-electron chi connectivity index (χ4n) is 2.69. The van der Waals surface area contributed by atoms with E-state index in [0.29, 0.717) is 34.5 Å². The van der Waals surface area contributed by atoms with E-state index >= 15 is 0 Å². The van der Waals surface area contributed by atoms with Crippen LogP contribution in [-0.4, -0.2) is 30.0 Å². The number of carbonyl (C=O) groups excluding carboxylic acids is 1. The van der Waals surface area contributed by atoms with Crippen molar-refractivity contribution in [2.24, 2.45) is 0 Å². The van der Waals surface area contributed by atoms with Gasteiger partial charge >= 0.3 is 0 Å². The summed E-state index contributed by atoms with van der Waals surface area (Å²) in [5, 5.41) is 6.48. The molecule has 0 aliphatic heterocycles. The molecule has 0 fully saturated rings. The number of nitrogens with zero attached hydrogens (tertiary/aromatic N) is 2. The summed E-state index contributed by atoms with van der Waals surface area (Å²) in [6.07, 6.45) is 0. The van der Waals surface area contributed by atoms with Gasteiger partial charge in [-0.05, 0) is 50.2 Å². The number of rotatable bonds is 7. The van der Waals surface area contributed by atoms with Gasteiger partial charge in [0, 0.05) is 29.1 Å². The first-order valence-electron chi connectivity index (χ1n) is 8.71. The maximum absolute atomic E-state index is 11.4. The van der Waals surface area contributed by atoms with Crippen molar-refractivity contribution in [1.29, 1.82) is 0 Å². The van der Waals surface area contributed by atoms with E-state index in [4.69, 9.17) is 9.47 Å². The zero-order valence-electron chi connectivity index (χ0n) is 16.2. The molecular weight excluding hydrogens is 356 g/mol. The summed E-state index contributed by atoms with van der Waals surface area (Å²) < 4.78 is 10.6. The number of aromatic nitrogens is 2. The fraction of sp³-hybridized carbons (Fsp3) is 0.190. The molecule has 0 radical (unpaired) electrons. The second-order valence-corrected chi connectivity index (χ2v) is 6.14. The largest absolute Gasteiger partial charge is 0.493 e. The molecule has 144 valence electrons. The third-order valence-corrected chi connectivity index (χ3v) is 4.06. The van der Waals surface area contributed by atoms with Crippen LogP contribution in [0.2, 0.25) is 0 Å². The molecule has 0 saturated heterocycles. The van der Waals surface area contributed by atoms with Gasteiger partial charge < -0.3 is 20.1 Å². The number of ketones is 1. The zero-order valence-corrected chi connectivity index (χ0v) is 16.2. The molecular formula is C21H22N4O3. The summed E-state index contributed by atoms with van der Waals surface area (Å²) in [4.78, 5) is 20.2. The summed E-state index contributed by atoms with van der Waals surface area (Å²) in [7, 11) is 3.19. The Morgan fingerprint density at radius 3 is 1.96 bits per heavy atom. The van der Waals surface area contributed by atoms with Crippen LogP contribution < -0.4 is 20.1 Å². The van der Waals surface area contributed by atoms with Gasteiger partial charge in [-0.2, -0.15) is 0 Å². The summed E-state index contributed by atoms with van der Waals surface area (Å²) in [6.45, 7) is 3.37. The molecule has 0 amide bonds. The van der Waals surface area contributed by atoms with Crippen molar-refractivity contribution in [1.82, 2.24) is 9.97 Å². The number of nitrogens with one attached hydrogen (secondary N) is 2. The average molecular weight is 378 g/mol. The highest BCUT2D eigenvalue weighted by atomic mass is 16.5. The van der Waals surface area contributed by atoms with Gasteiger partial charge in [-0.1, -0.05) is 0 Å². The van der Waals surface area contributed by atoms with Crippen LogP contribution in [0.4, 0.5) is 23.0 Å². The summed E-state index contributed by atoms with van der Waals surface area (Å²) in [5.74, 6) is 3.22. The first kappa shape index (κ1) is 19.2. The van der Waals surface area contributed by atoms with Crippen LogP contribution in [0, 0.1) is 6.92 Å². The second-order valence-electron chi connectivity index (χ2n) is 6.14. The number of Topliss-reactive ketones (excluding diaryl/α,β-unsaturated/α-hetero) is 1. The average Bonchev–Trinajstić information content (AvgIpc) is 2.67. The van der Waals surface area contributed by atoms with Crippen molar-refractivity contribution in [3.05, 3.63) is 59.9 Å². The monoisotopic (exact) mass is 378 g/mol. The van der Waals surface area contributed by atoms with E-state index in [1.807, 2.05) is 43.3 Å². The lowest BCUT2D eigenvalue weighted by atomic mass is 10.1. The van der Waals surface area contributed by atoms with Gasteiger partial charge in [0.1, 0.15) is 17.5 Å². The highest BCUT2D eigenvalue weighted by Gasteiger charge is 2.08. The van der Waals surface area contributed by atoms with Crippen LogP contribution >= 0.6 is 0 Å². The normalized spacial score (nSPS) is 10.3. The molecule has 0 aliphatic rings. The standard InChI is InChI=1S/C21H22N4O3/c1-13(26)15-5-7-16(8-6-15)24-20-12-21(23-14(2)22-20)25-17-9-10-18(27-3)19(11-17)28-4/h5-12H,1-4H3,(H2,22,23,24,25). The van der Waals surface area contributed by atoms with Gasteiger partial charge in [-0.15, -0.1) is 0 Å². The van der Waals surface area contributed by atoms with Crippen LogP contribution in [0.15, 0.2) is 48.5 Å². The Morgan fingerprint density at radius 2 is 1.39 bits per heavy atom. The first-order valence-corrected chi connectivity index (χ1v) is 8.71.